The summed E-state index contributed by atoms with van der Waals surface area (Å²) < 4.78 is 6.82. The van der Waals surface area contributed by atoms with Crippen LogP contribution in [0.5, 0.6) is 5.75 Å². The second kappa shape index (κ2) is 19.5. The summed E-state index contributed by atoms with van der Waals surface area (Å²) in [6, 6.07) is 3.73. The zero-order chi connectivity index (χ0) is 36.8. The minimum absolute atomic E-state index is 0.0559. The van der Waals surface area contributed by atoms with Gasteiger partial charge in [0.25, 0.3) is 0 Å². The summed E-state index contributed by atoms with van der Waals surface area (Å²) in [5.41, 5.74) is 13.7. The van der Waals surface area contributed by atoms with Gasteiger partial charge in [0.15, 0.2) is 0 Å². The van der Waals surface area contributed by atoms with Gasteiger partial charge in [-0.05, 0) is 123 Å². The van der Waals surface area contributed by atoms with E-state index in [9.17, 15) is 5.11 Å². The maximum absolute atomic E-state index is 11.1. The molecule has 0 spiro atoms. The summed E-state index contributed by atoms with van der Waals surface area (Å²) in [7, 11) is 0. The summed E-state index contributed by atoms with van der Waals surface area (Å²) in [6.07, 6.45) is 21.7. The first-order valence-electron chi connectivity index (χ1n) is 17.5. The molecule has 4 atom stereocenters. The number of allylic oxidation sites excluding steroid dienone is 17. The number of aromatic hydroxyl groups is 1. The molecular formula is C47H60O2. The van der Waals surface area contributed by atoms with Crippen LogP contribution in [0.1, 0.15) is 84.4 Å². The first kappa shape index (κ1) is 40.7. The Morgan fingerprint density at radius 3 is 2.22 bits per heavy atom. The van der Waals surface area contributed by atoms with Crippen molar-refractivity contribution in [1.82, 2.24) is 0 Å². The molecule has 2 rings (SSSR count). The van der Waals surface area contributed by atoms with Gasteiger partial charge in [0.05, 0.1) is 0 Å². The second-order valence-electron chi connectivity index (χ2n) is 13.3. The quantitative estimate of drug-likeness (QED) is 0.0782. The summed E-state index contributed by atoms with van der Waals surface area (Å²) in [5.74, 6) is 2.18. The number of rotatable bonds is 17. The van der Waals surface area contributed by atoms with Gasteiger partial charge >= 0.3 is 0 Å². The monoisotopic (exact) mass is 656 g/mol. The highest BCUT2D eigenvalue weighted by Crippen LogP contribution is 2.42. The van der Waals surface area contributed by atoms with Gasteiger partial charge in [-0.1, -0.05) is 127 Å². The third-order valence-electron chi connectivity index (χ3n) is 9.60. The Balaban J connectivity index is 2.79. The Morgan fingerprint density at radius 1 is 1.02 bits per heavy atom. The smallest absolute Gasteiger partial charge is 0.119 e. The van der Waals surface area contributed by atoms with Crippen molar-refractivity contribution in [3.63, 3.8) is 0 Å². The summed E-state index contributed by atoms with van der Waals surface area (Å²) in [6.45, 7) is 41.8. The largest absolute Gasteiger partial charge is 0.508 e. The fourth-order valence-corrected chi connectivity index (χ4v) is 6.68. The number of ether oxygens (including phenoxy) is 1. The van der Waals surface area contributed by atoms with Crippen LogP contribution in [0, 0.1) is 24.7 Å². The molecule has 0 radical (unpaired) electrons. The molecule has 1 aromatic carbocycles. The number of hydrogen-bond donors (Lipinski definition) is 1. The third-order valence-corrected chi connectivity index (χ3v) is 9.60. The molecule has 49 heavy (non-hydrogen) atoms. The molecule has 0 bridgehead atoms. The van der Waals surface area contributed by atoms with Crippen molar-refractivity contribution in [3.8, 4) is 5.75 Å². The predicted molar refractivity (Wildman–Crippen MR) is 215 cm³/mol. The van der Waals surface area contributed by atoms with Gasteiger partial charge in [0.1, 0.15) is 17.6 Å². The Labute approximate surface area is 298 Å². The van der Waals surface area contributed by atoms with Crippen LogP contribution < -0.4 is 0 Å². The lowest BCUT2D eigenvalue weighted by molar-refractivity contribution is 0.0703. The van der Waals surface area contributed by atoms with E-state index in [0.29, 0.717) is 18.3 Å². The molecule has 0 saturated carbocycles. The lowest BCUT2D eigenvalue weighted by Crippen LogP contribution is -2.24. The van der Waals surface area contributed by atoms with E-state index < -0.39 is 0 Å². The lowest BCUT2D eigenvalue weighted by atomic mass is 9.79. The highest BCUT2D eigenvalue weighted by Gasteiger charge is 2.27. The molecule has 2 nitrogen and oxygen atoms in total. The van der Waals surface area contributed by atoms with E-state index in [1.54, 1.807) is 18.2 Å². The van der Waals surface area contributed by atoms with E-state index in [4.69, 9.17) is 4.74 Å². The molecule has 2 heteroatoms. The predicted octanol–water partition coefficient (Wildman–Crippen LogP) is 13.2. The number of phenols is 1. The molecule has 4 unspecified atom stereocenters. The van der Waals surface area contributed by atoms with E-state index in [2.05, 4.69) is 106 Å². The molecule has 1 N–H and O–H groups in total. The molecule has 0 saturated heterocycles. The lowest BCUT2D eigenvalue weighted by Gasteiger charge is -2.30. The van der Waals surface area contributed by atoms with Crippen LogP contribution in [-0.2, 0) is 11.2 Å². The van der Waals surface area contributed by atoms with Gasteiger partial charge in [0.2, 0.25) is 0 Å². The average Bonchev–Trinajstić information content (AvgIpc) is 3.08. The highest BCUT2D eigenvalue weighted by molar-refractivity contribution is 5.89. The molecule has 1 aromatic rings. The number of phenolic OH excluding ortho intramolecular Hbond substituents is 1. The second-order valence-corrected chi connectivity index (χ2v) is 13.3. The van der Waals surface area contributed by atoms with E-state index in [0.717, 1.165) is 79.9 Å². The summed E-state index contributed by atoms with van der Waals surface area (Å²) in [5, 5.41) is 11.1. The first-order chi connectivity index (χ1) is 23.3. The van der Waals surface area contributed by atoms with Crippen molar-refractivity contribution in [3.05, 3.63) is 173 Å². The van der Waals surface area contributed by atoms with Crippen molar-refractivity contribution >= 4 is 5.57 Å². The normalized spacial score (nSPS) is 18.3. The van der Waals surface area contributed by atoms with Gasteiger partial charge in [0, 0.05) is 17.1 Å². The van der Waals surface area contributed by atoms with E-state index in [1.807, 2.05) is 43.4 Å². The van der Waals surface area contributed by atoms with Gasteiger partial charge in [-0.25, -0.2) is 0 Å². The fourth-order valence-electron chi connectivity index (χ4n) is 6.68. The van der Waals surface area contributed by atoms with Crippen LogP contribution in [-0.4, -0.2) is 11.2 Å². The minimum Gasteiger partial charge on any atom is -0.508 e. The third kappa shape index (κ3) is 10.2. The van der Waals surface area contributed by atoms with E-state index in [-0.39, 0.29) is 17.8 Å². The van der Waals surface area contributed by atoms with Crippen LogP contribution in [0.3, 0.4) is 0 Å². The van der Waals surface area contributed by atoms with Crippen molar-refractivity contribution in [2.45, 2.75) is 87.2 Å². The van der Waals surface area contributed by atoms with Gasteiger partial charge in [-0.3, -0.25) is 0 Å². The molecular weight excluding hydrogens is 597 g/mol. The SMILES string of the molecule is C=C=C(C(=C(C)C)/C(C(=C)c1ccc(O)c(CC(C)/C(C=C)=C/C=C)c1C)=C(\C)C=C)C(/C=C/C=C)=C(\C)OC(CC)C1C=CC(C)CC1. The van der Waals surface area contributed by atoms with Crippen molar-refractivity contribution in [2.24, 2.45) is 17.8 Å². The van der Waals surface area contributed by atoms with E-state index >= 15 is 0 Å². The molecule has 0 aliphatic heterocycles. The van der Waals surface area contributed by atoms with Crippen molar-refractivity contribution in [2.75, 3.05) is 0 Å². The Kier molecular flexibility index (Phi) is 16.2. The molecule has 1 aliphatic rings. The number of benzene rings is 1. The molecule has 0 fully saturated rings. The zero-order valence-corrected chi connectivity index (χ0v) is 31.6. The van der Waals surface area contributed by atoms with E-state index in [1.165, 1.54) is 6.42 Å². The van der Waals surface area contributed by atoms with Crippen LogP contribution >= 0.6 is 0 Å². The summed E-state index contributed by atoms with van der Waals surface area (Å²) in [4.78, 5) is 0. The van der Waals surface area contributed by atoms with Crippen LogP contribution in [0.15, 0.2) is 157 Å². The van der Waals surface area contributed by atoms with Crippen molar-refractivity contribution < 1.29 is 9.84 Å². The fraction of sp³-hybridized carbons (Fsp3) is 0.340. The van der Waals surface area contributed by atoms with Gasteiger partial charge < -0.3 is 9.84 Å². The maximum atomic E-state index is 11.1. The minimum atomic E-state index is 0.0559. The molecule has 0 amide bonds. The van der Waals surface area contributed by atoms with Gasteiger partial charge in [-0.2, -0.15) is 0 Å². The van der Waals surface area contributed by atoms with Gasteiger partial charge in [-0.15, -0.1) is 5.73 Å². The average molecular weight is 657 g/mol. The molecule has 0 aromatic heterocycles. The standard InChI is InChI=1S/C47H60O2/c1-15-21-23-42(37(14)49-45(20-6)39-26-24-32(9)25-27-39)40(19-5)46(31(7)8)47(33(10)17-3)36(13)41-28-29-44(48)43(35(41)12)30-34(11)38(18-4)22-16-2/h15-18,21-24,26,28-29,32,34,39,45,48H,1-5,13,20,25,27,30H2,6-12,14H3/b23-21+,38-22+,42-37+,47-33+. The Morgan fingerprint density at radius 2 is 1.71 bits per heavy atom. The topological polar surface area (TPSA) is 29.5 Å². The Hall–Kier alpha value is -4.52. The first-order valence-corrected chi connectivity index (χ1v) is 17.5. The van der Waals surface area contributed by atoms with Crippen LogP contribution in [0.2, 0.25) is 0 Å². The molecule has 260 valence electrons. The summed E-state index contributed by atoms with van der Waals surface area (Å²) >= 11 is 0. The van der Waals surface area contributed by atoms with Crippen LogP contribution in [0.4, 0.5) is 0 Å². The van der Waals surface area contributed by atoms with Crippen molar-refractivity contribution in [1.29, 1.82) is 0 Å². The van der Waals surface area contributed by atoms with Crippen LogP contribution in [0.25, 0.3) is 5.57 Å². The maximum Gasteiger partial charge on any atom is 0.119 e. The highest BCUT2D eigenvalue weighted by atomic mass is 16.5. The zero-order valence-electron chi connectivity index (χ0n) is 31.6. The molecule has 1 aliphatic carbocycles. The molecule has 0 heterocycles. The Bertz CT molecular complexity index is 1660. The number of hydrogen-bond acceptors (Lipinski definition) is 2.